The highest BCUT2D eigenvalue weighted by Gasteiger charge is 2.24. The van der Waals surface area contributed by atoms with E-state index >= 15 is 0 Å². The number of benzene rings is 2. The van der Waals surface area contributed by atoms with Gasteiger partial charge < -0.3 is 5.11 Å². The molecular formula is C25H37NO3S. The molecule has 0 saturated heterocycles. The summed E-state index contributed by atoms with van der Waals surface area (Å²) in [4.78, 5) is 0.308. The van der Waals surface area contributed by atoms with Gasteiger partial charge in [-0.2, -0.15) is 0 Å². The van der Waals surface area contributed by atoms with Crippen molar-refractivity contribution in [3.63, 3.8) is 0 Å². The molecule has 0 fully saturated rings. The number of aliphatic hydroxyl groups is 1. The van der Waals surface area contributed by atoms with Crippen LogP contribution in [0.25, 0.3) is 0 Å². The van der Waals surface area contributed by atoms with Crippen LogP contribution in [-0.4, -0.2) is 20.1 Å². The van der Waals surface area contributed by atoms with Gasteiger partial charge in [0.2, 0.25) is 0 Å². The third kappa shape index (κ3) is 7.13. The van der Waals surface area contributed by atoms with E-state index in [0.717, 1.165) is 56.9 Å². The lowest BCUT2D eigenvalue weighted by atomic mass is 10.0. The Hall–Kier alpha value is -1.85. The Morgan fingerprint density at radius 2 is 1.40 bits per heavy atom. The number of anilines is 1. The van der Waals surface area contributed by atoms with Crippen LogP contribution in [-0.2, 0) is 10.0 Å². The highest BCUT2D eigenvalue weighted by molar-refractivity contribution is 7.92. The molecule has 166 valence electrons. The molecule has 0 heterocycles. The Kier molecular flexibility index (Phi) is 10.4. The molecule has 0 spiro atoms. The lowest BCUT2D eigenvalue weighted by molar-refractivity contribution is 0.163. The van der Waals surface area contributed by atoms with Crippen molar-refractivity contribution in [3.05, 3.63) is 60.2 Å². The van der Waals surface area contributed by atoms with Gasteiger partial charge in [0.1, 0.15) is 0 Å². The first-order chi connectivity index (χ1) is 14.5. The van der Waals surface area contributed by atoms with Crippen molar-refractivity contribution in [2.24, 2.45) is 0 Å². The Morgan fingerprint density at radius 3 is 2.03 bits per heavy atom. The van der Waals surface area contributed by atoms with Crippen LogP contribution < -0.4 is 4.31 Å². The van der Waals surface area contributed by atoms with Crippen molar-refractivity contribution >= 4 is 15.7 Å². The summed E-state index contributed by atoms with van der Waals surface area (Å²) in [5.74, 6) is 0. The van der Waals surface area contributed by atoms with Gasteiger partial charge in [-0.15, -0.1) is 0 Å². The van der Waals surface area contributed by atoms with E-state index in [4.69, 9.17) is 0 Å². The molecule has 0 aliphatic carbocycles. The van der Waals surface area contributed by atoms with Gasteiger partial charge in [0.25, 0.3) is 10.0 Å². The maximum atomic E-state index is 13.3. The highest BCUT2D eigenvalue weighted by atomic mass is 32.2. The van der Waals surface area contributed by atoms with Crippen molar-refractivity contribution in [2.45, 2.75) is 82.6 Å². The number of rotatable bonds is 14. The summed E-state index contributed by atoms with van der Waals surface area (Å²) in [6, 6.07) is 16.0. The van der Waals surface area contributed by atoms with Crippen molar-refractivity contribution in [1.29, 1.82) is 0 Å². The fraction of sp³-hybridized carbons (Fsp3) is 0.520. The number of aliphatic hydroxyl groups excluding tert-OH is 1. The molecule has 0 aliphatic heterocycles. The summed E-state index contributed by atoms with van der Waals surface area (Å²) >= 11 is 0. The van der Waals surface area contributed by atoms with Crippen molar-refractivity contribution < 1.29 is 13.5 Å². The summed E-state index contributed by atoms with van der Waals surface area (Å²) in [6.07, 6.45) is 8.76. The van der Waals surface area contributed by atoms with Crippen LogP contribution in [0.5, 0.6) is 0 Å². The molecule has 2 aromatic carbocycles. The van der Waals surface area contributed by atoms with Gasteiger partial charge in [0.15, 0.2) is 0 Å². The Morgan fingerprint density at radius 1 is 0.800 bits per heavy atom. The third-order valence-electron chi connectivity index (χ3n) is 5.44. The van der Waals surface area contributed by atoms with Crippen LogP contribution in [0, 0.1) is 0 Å². The molecule has 4 nitrogen and oxygen atoms in total. The molecule has 1 N–H and O–H groups in total. The largest absolute Gasteiger partial charge is 0.388 e. The minimum absolute atomic E-state index is 0.308. The number of sulfonamides is 1. The molecule has 2 aromatic rings. The predicted octanol–water partition coefficient (Wildman–Crippen LogP) is 6.47. The lowest BCUT2D eigenvalue weighted by Crippen LogP contribution is -2.32. The van der Waals surface area contributed by atoms with E-state index < -0.39 is 16.1 Å². The molecule has 5 heteroatoms. The first-order valence-corrected chi connectivity index (χ1v) is 12.8. The second-order valence-corrected chi connectivity index (χ2v) is 9.77. The van der Waals surface area contributed by atoms with E-state index in [-0.39, 0.29) is 0 Å². The monoisotopic (exact) mass is 431 g/mol. The van der Waals surface area contributed by atoms with E-state index in [1.54, 1.807) is 24.3 Å². The Bertz CT molecular complexity index is 819. The van der Waals surface area contributed by atoms with Gasteiger partial charge in [0.05, 0.1) is 16.7 Å². The minimum atomic E-state index is -3.63. The van der Waals surface area contributed by atoms with Crippen LogP contribution in [0.1, 0.15) is 83.3 Å². The summed E-state index contributed by atoms with van der Waals surface area (Å²) < 4.78 is 28.2. The zero-order chi connectivity index (χ0) is 21.8. The highest BCUT2D eigenvalue weighted by Crippen LogP contribution is 2.27. The first-order valence-electron chi connectivity index (χ1n) is 11.4. The Labute approximate surface area is 183 Å². The molecule has 1 unspecified atom stereocenters. The standard InChI is InChI=1S/C25H37NO3S/c1-3-5-7-8-13-21-26(30(28,29)24-14-11-9-12-15-24)23-19-17-22(18-20-23)25(27)16-10-6-4-2/h9,11-12,14-15,17-20,25,27H,3-8,10,13,16,21H2,1-2H3. The summed E-state index contributed by atoms with van der Waals surface area (Å²) in [5, 5.41) is 10.4. The van der Waals surface area contributed by atoms with Crippen LogP contribution in [0.4, 0.5) is 5.69 Å². The van der Waals surface area contributed by atoms with Gasteiger partial charge in [-0.3, -0.25) is 4.31 Å². The quantitative estimate of drug-likeness (QED) is 0.349. The normalized spacial score (nSPS) is 12.6. The Balaban J connectivity index is 2.19. The maximum Gasteiger partial charge on any atom is 0.264 e. The summed E-state index contributed by atoms with van der Waals surface area (Å²) in [7, 11) is -3.63. The first kappa shape index (κ1) is 24.4. The van der Waals surface area contributed by atoms with Gasteiger partial charge in [-0.1, -0.05) is 89.1 Å². The van der Waals surface area contributed by atoms with Gasteiger partial charge in [-0.25, -0.2) is 8.42 Å². The van der Waals surface area contributed by atoms with Gasteiger partial charge in [-0.05, 0) is 42.7 Å². The average Bonchev–Trinajstić information content (AvgIpc) is 2.77. The summed E-state index contributed by atoms with van der Waals surface area (Å²) in [5.41, 5.74) is 1.49. The van der Waals surface area contributed by atoms with Crippen LogP contribution in [0.2, 0.25) is 0 Å². The summed E-state index contributed by atoms with van der Waals surface area (Å²) in [6.45, 7) is 4.77. The van der Waals surface area contributed by atoms with E-state index in [2.05, 4.69) is 13.8 Å². The average molecular weight is 432 g/mol. The second-order valence-electron chi connectivity index (χ2n) is 7.91. The van der Waals surface area contributed by atoms with Crippen LogP contribution >= 0.6 is 0 Å². The maximum absolute atomic E-state index is 13.3. The molecule has 0 saturated carbocycles. The molecule has 2 rings (SSSR count). The minimum Gasteiger partial charge on any atom is -0.388 e. The number of hydrogen-bond donors (Lipinski definition) is 1. The van der Waals surface area contributed by atoms with E-state index in [0.29, 0.717) is 17.1 Å². The van der Waals surface area contributed by atoms with Crippen molar-refractivity contribution in [1.82, 2.24) is 0 Å². The molecular weight excluding hydrogens is 394 g/mol. The molecule has 0 aliphatic rings. The van der Waals surface area contributed by atoms with E-state index in [1.807, 2.05) is 30.3 Å². The second kappa shape index (κ2) is 12.8. The van der Waals surface area contributed by atoms with Crippen molar-refractivity contribution in [2.75, 3.05) is 10.8 Å². The molecule has 0 bridgehead atoms. The van der Waals surface area contributed by atoms with Crippen molar-refractivity contribution in [3.8, 4) is 0 Å². The molecule has 0 radical (unpaired) electrons. The molecule has 0 amide bonds. The topological polar surface area (TPSA) is 57.6 Å². The fourth-order valence-corrected chi connectivity index (χ4v) is 5.11. The van der Waals surface area contributed by atoms with E-state index in [9.17, 15) is 13.5 Å². The SMILES string of the molecule is CCCCCCCN(c1ccc(C(O)CCCCC)cc1)S(=O)(=O)c1ccccc1. The number of nitrogens with zero attached hydrogens (tertiary/aromatic N) is 1. The molecule has 0 aromatic heterocycles. The molecule has 30 heavy (non-hydrogen) atoms. The van der Waals surface area contributed by atoms with Crippen LogP contribution in [0.3, 0.4) is 0 Å². The van der Waals surface area contributed by atoms with Gasteiger partial charge in [0, 0.05) is 6.54 Å². The smallest absolute Gasteiger partial charge is 0.264 e. The van der Waals surface area contributed by atoms with Crippen LogP contribution in [0.15, 0.2) is 59.5 Å². The third-order valence-corrected chi connectivity index (χ3v) is 7.28. The zero-order valence-electron chi connectivity index (χ0n) is 18.5. The number of unbranched alkanes of at least 4 members (excludes halogenated alkanes) is 6. The molecule has 1 atom stereocenters. The van der Waals surface area contributed by atoms with E-state index in [1.165, 1.54) is 10.7 Å². The zero-order valence-corrected chi connectivity index (χ0v) is 19.3. The fourth-order valence-electron chi connectivity index (χ4n) is 3.58. The lowest BCUT2D eigenvalue weighted by Gasteiger charge is -2.25. The predicted molar refractivity (Wildman–Crippen MR) is 125 cm³/mol. The number of hydrogen-bond acceptors (Lipinski definition) is 3. The van der Waals surface area contributed by atoms with Gasteiger partial charge >= 0.3 is 0 Å².